The lowest BCUT2D eigenvalue weighted by atomic mass is 9.81. The van der Waals surface area contributed by atoms with Crippen LogP contribution in [0.2, 0.25) is 0 Å². The maximum Gasteiger partial charge on any atom is 0.390 e. The first-order valence-electron chi connectivity index (χ1n) is 14.4. The van der Waals surface area contributed by atoms with Crippen LogP contribution in [0.5, 0.6) is 0 Å². The highest BCUT2D eigenvalue weighted by molar-refractivity contribution is 5.90. The van der Waals surface area contributed by atoms with Crippen molar-refractivity contribution in [1.82, 2.24) is 40.0 Å². The van der Waals surface area contributed by atoms with Gasteiger partial charge >= 0.3 is 12.4 Å². The van der Waals surface area contributed by atoms with Gasteiger partial charge in [0.2, 0.25) is 17.7 Å². The molecule has 246 valence electrons. The number of carbonyl (C=O) groups is 2. The first-order chi connectivity index (χ1) is 21.1. The molecule has 0 aromatic carbocycles. The maximum absolute atomic E-state index is 14.0. The van der Waals surface area contributed by atoms with Crippen LogP contribution < -0.4 is 10.6 Å². The monoisotopic (exact) mass is 650 g/mol. The van der Waals surface area contributed by atoms with E-state index >= 15 is 0 Å². The van der Waals surface area contributed by atoms with Gasteiger partial charge in [-0.3, -0.25) is 9.59 Å². The average molecular weight is 651 g/mol. The number of aromatic nitrogens is 6. The molecule has 2 aliphatic carbocycles. The van der Waals surface area contributed by atoms with Gasteiger partial charge in [-0.1, -0.05) is 0 Å². The smallest absolute Gasteiger partial charge is 0.349 e. The van der Waals surface area contributed by atoms with Crippen molar-refractivity contribution in [3.05, 3.63) is 41.9 Å². The van der Waals surface area contributed by atoms with Gasteiger partial charge in [-0.25, -0.2) is 27.9 Å². The summed E-state index contributed by atoms with van der Waals surface area (Å²) in [5.74, 6) is -5.38. The molecule has 18 heteroatoms. The summed E-state index contributed by atoms with van der Waals surface area (Å²) in [6.07, 6.45) is -7.62. The van der Waals surface area contributed by atoms with Crippen LogP contribution in [0.15, 0.2) is 24.8 Å². The van der Waals surface area contributed by atoms with E-state index in [0.717, 1.165) is 23.9 Å². The van der Waals surface area contributed by atoms with Gasteiger partial charge in [0.1, 0.15) is 6.33 Å². The van der Waals surface area contributed by atoms with Crippen LogP contribution in [0.4, 0.5) is 35.1 Å². The summed E-state index contributed by atoms with van der Waals surface area (Å²) >= 11 is 0. The number of nitrogens with one attached hydrogen (secondary N) is 2. The van der Waals surface area contributed by atoms with Crippen molar-refractivity contribution in [3.8, 4) is 0 Å². The number of imidazole rings is 1. The lowest BCUT2D eigenvalue weighted by molar-refractivity contribution is -0.144. The standard InChI is InChI=1S/C27H30F8N8O2/c28-25(29)6-3-16(4-7-25)22(41-24(45)23-36-14-38-42(23)10-9-27(33,34)35)18-13-43-19(39-18)11-17(12-37-43)21(15-1-2-15)40-20(44)5-8-26(30,31)32/h11-16,21-22H,1-10H2,(H,40,44)(H,41,45)/t21-,22+/m1/s1. The number of alkyl halides is 8. The van der Waals surface area contributed by atoms with Gasteiger partial charge in [-0.05, 0) is 49.1 Å². The highest BCUT2D eigenvalue weighted by Crippen LogP contribution is 2.43. The molecule has 0 unspecified atom stereocenters. The molecule has 2 saturated carbocycles. The Morgan fingerprint density at radius 1 is 0.933 bits per heavy atom. The van der Waals surface area contributed by atoms with E-state index in [9.17, 15) is 44.7 Å². The Bertz CT molecular complexity index is 1500. The number of aryl methyl sites for hydroxylation is 1. The van der Waals surface area contributed by atoms with Crippen LogP contribution in [-0.2, 0) is 11.3 Å². The van der Waals surface area contributed by atoms with Crippen molar-refractivity contribution < 1.29 is 44.7 Å². The molecule has 0 radical (unpaired) electrons. The number of hydrogen-bond acceptors (Lipinski definition) is 6. The summed E-state index contributed by atoms with van der Waals surface area (Å²) in [5, 5.41) is 13.4. The lowest BCUT2D eigenvalue weighted by Crippen LogP contribution is -2.38. The molecule has 0 aliphatic heterocycles. The predicted octanol–water partition coefficient (Wildman–Crippen LogP) is 5.48. The maximum atomic E-state index is 14.0. The highest BCUT2D eigenvalue weighted by atomic mass is 19.4. The Labute approximate surface area is 251 Å². The minimum atomic E-state index is -4.50. The summed E-state index contributed by atoms with van der Waals surface area (Å²) < 4.78 is 106. The fourth-order valence-corrected chi connectivity index (χ4v) is 5.50. The second-order valence-corrected chi connectivity index (χ2v) is 11.6. The van der Waals surface area contributed by atoms with Gasteiger partial charge in [0.15, 0.2) is 5.65 Å². The van der Waals surface area contributed by atoms with Crippen molar-refractivity contribution in [3.63, 3.8) is 0 Å². The minimum Gasteiger partial charge on any atom is -0.349 e. The molecule has 0 saturated heterocycles. The summed E-state index contributed by atoms with van der Waals surface area (Å²) in [6.45, 7) is -0.650. The Hall–Kier alpha value is -3.86. The minimum absolute atomic E-state index is 0.00385. The number of fused-ring (bicyclic) bond motifs is 1. The zero-order valence-electron chi connectivity index (χ0n) is 23.7. The number of nitrogens with zero attached hydrogens (tertiary/aromatic N) is 6. The van der Waals surface area contributed by atoms with Crippen molar-refractivity contribution in [2.45, 2.75) is 94.7 Å². The second kappa shape index (κ2) is 12.5. The highest BCUT2D eigenvalue weighted by Gasteiger charge is 2.40. The van der Waals surface area contributed by atoms with Crippen LogP contribution >= 0.6 is 0 Å². The number of amides is 2. The summed E-state index contributed by atoms with van der Waals surface area (Å²) in [4.78, 5) is 33.9. The van der Waals surface area contributed by atoms with E-state index in [0.29, 0.717) is 5.56 Å². The van der Waals surface area contributed by atoms with Gasteiger partial charge < -0.3 is 10.6 Å². The van der Waals surface area contributed by atoms with E-state index in [-0.39, 0.29) is 35.9 Å². The molecule has 2 atom stereocenters. The van der Waals surface area contributed by atoms with Gasteiger partial charge in [-0.2, -0.15) is 36.5 Å². The molecule has 2 aliphatic rings. The SMILES string of the molecule is O=C(CCC(F)(F)F)N[C@@H](c1cnn2cc([C@@H](NC(=O)c3ncnn3CCC(F)(F)F)C3CCC(F)(F)CC3)nc2c1)C1CC1. The molecule has 0 bridgehead atoms. The third-order valence-electron chi connectivity index (χ3n) is 8.03. The van der Waals surface area contributed by atoms with Crippen molar-refractivity contribution in [1.29, 1.82) is 0 Å². The third kappa shape index (κ3) is 8.65. The topological polar surface area (TPSA) is 119 Å². The van der Waals surface area contributed by atoms with Crippen LogP contribution in [0.25, 0.3) is 5.65 Å². The van der Waals surface area contributed by atoms with Gasteiger partial charge in [0, 0.05) is 19.3 Å². The van der Waals surface area contributed by atoms with Crippen molar-refractivity contribution in [2.24, 2.45) is 11.8 Å². The number of halogens is 8. The van der Waals surface area contributed by atoms with E-state index < -0.39 is 86.7 Å². The third-order valence-corrected chi connectivity index (χ3v) is 8.03. The second-order valence-electron chi connectivity index (χ2n) is 11.6. The average Bonchev–Trinajstić information content (AvgIpc) is 3.52. The molecule has 3 aromatic heterocycles. The van der Waals surface area contributed by atoms with Crippen LogP contribution in [-0.4, -0.2) is 59.5 Å². The normalized spacial score (nSPS) is 18.9. The van der Waals surface area contributed by atoms with E-state index in [1.165, 1.54) is 16.9 Å². The lowest BCUT2D eigenvalue weighted by Gasteiger charge is -2.33. The van der Waals surface area contributed by atoms with Crippen LogP contribution in [0, 0.1) is 11.8 Å². The predicted molar refractivity (Wildman–Crippen MR) is 140 cm³/mol. The zero-order valence-corrected chi connectivity index (χ0v) is 23.7. The van der Waals surface area contributed by atoms with E-state index in [1.807, 2.05) is 0 Å². The molecule has 2 fully saturated rings. The molecule has 2 N–H and O–H groups in total. The zero-order chi connectivity index (χ0) is 32.6. The van der Waals surface area contributed by atoms with Crippen LogP contribution in [0.1, 0.15) is 91.7 Å². The van der Waals surface area contributed by atoms with Crippen molar-refractivity contribution >= 4 is 17.5 Å². The van der Waals surface area contributed by atoms with E-state index in [1.54, 1.807) is 6.07 Å². The fraction of sp³-hybridized carbons (Fsp3) is 0.630. The Balaban J connectivity index is 1.39. The molecule has 2 amide bonds. The van der Waals surface area contributed by atoms with E-state index in [4.69, 9.17) is 0 Å². The number of carbonyl (C=O) groups excluding carboxylic acids is 2. The van der Waals surface area contributed by atoms with Gasteiger partial charge in [0.25, 0.3) is 5.91 Å². The van der Waals surface area contributed by atoms with Gasteiger partial charge in [-0.15, -0.1) is 0 Å². The van der Waals surface area contributed by atoms with Gasteiger partial charge in [0.05, 0.1) is 49.6 Å². The summed E-state index contributed by atoms with van der Waals surface area (Å²) in [7, 11) is 0. The quantitative estimate of drug-likeness (QED) is 0.266. The van der Waals surface area contributed by atoms with Crippen molar-refractivity contribution in [2.75, 3.05) is 0 Å². The van der Waals surface area contributed by atoms with E-state index in [2.05, 4.69) is 30.8 Å². The summed E-state index contributed by atoms with van der Waals surface area (Å²) in [5.41, 5.74) is 1.03. The molecule has 3 heterocycles. The molecule has 0 spiro atoms. The number of rotatable bonds is 11. The van der Waals surface area contributed by atoms with Crippen LogP contribution in [0.3, 0.4) is 0 Å². The molecular formula is C27H30F8N8O2. The fourth-order valence-electron chi connectivity index (χ4n) is 5.50. The summed E-state index contributed by atoms with van der Waals surface area (Å²) in [6, 6.07) is 0.0703. The molecule has 5 rings (SSSR count). The molecule has 10 nitrogen and oxygen atoms in total. The first-order valence-corrected chi connectivity index (χ1v) is 14.4. The first kappa shape index (κ1) is 32.5. The molecular weight excluding hydrogens is 620 g/mol. The largest absolute Gasteiger partial charge is 0.390 e. The molecule has 45 heavy (non-hydrogen) atoms. The Morgan fingerprint density at radius 2 is 1.60 bits per heavy atom. The molecule has 3 aromatic rings. The number of hydrogen-bond donors (Lipinski definition) is 2. The Morgan fingerprint density at radius 3 is 2.24 bits per heavy atom. The Kier molecular flexibility index (Phi) is 9.04.